The van der Waals surface area contributed by atoms with Gasteiger partial charge in [0.25, 0.3) is 0 Å². The van der Waals surface area contributed by atoms with Crippen molar-refractivity contribution in [2.24, 2.45) is 5.73 Å². The highest BCUT2D eigenvalue weighted by Gasteiger charge is 2.17. The van der Waals surface area contributed by atoms with Gasteiger partial charge in [0.05, 0.1) is 6.04 Å². The molecule has 1 heterocycles. The first-order chi connectivity index (χ1) is 9.66. The van der Waals surface area contributed by atoms with Crippen LogP contribution in [0, 0.1) is 0 Å². The van der Waals surface area contributed by atoms with Gasteiger partial charge in [0.2, 0.25) is 5.91 Å². The summed E-state index contributed by atoms with van der Waals surface area (Å²) < 4.78 is 0. The minimum atomic E-state index is -0.176. The second-order valence-electron chi connectivity index (χ2n) is 4.87. The normalized spacial score (nSPS) is 13.5. The van der Waals surface area contributed by atoms with E-state index in [9.17, 15) is 4.79 Å². The Morgan fingerprint density at radius 2 is 1.75 bits per heavy atom. The molecule has 4 heteroatoms. The zero-order valence-corrected chi connectivity index (χ0v) is 11.5. The molecule has 0 aliphatic heterocycles. The third-order valence-corrected chi connectivity index (χ3v) is 2.99. The number of nitrogens with two attached hydrogens (primary N) is 1. The molecule has 1 amide bonds. The highest BCUT2D eigenvalue weighted by Crippen LogP contribution is 2.21. The van der Waals surface area contributed by atoms with E-state index in [4.69, 9.17) is 5.73 Å². The lowest BCUT2D eigenvalue weighted by Gasteiger charge is -2.20. The lowest BCUT2D eigenvalue weighted by atomic mass is 9.99. The van der Waals surface area contributed by atoms with E-state index < -0.39 is 0 Å². The summed E-state index contributed by atoms with van der Waals surface area (Å²) in [6.07, 6.45) is 3.76. The van der Waals surface area contributed by atoms with E-state index in [-0.39, 0.29) is 18.0 Å². The molecule has 0 bridgehead atoms. The number of carbonyl (C=O) groups excluding carboxylic acids is 1. The van der Waals surface area contributed by atoms with Crippen molar-refractivity contribution in [1.29, 1.82) is 0 Å². The van der Waals surface area contributed by atoms with E-state index in [1.165, 1.54) is 0 Å². The molecule has 4 nitrogen and oxygen atoms in total. The summed E-state index contributed by atoms with van der Waals surface area (Å²) in [5.74, 6) is -0.0503. The predicted molar refractivity (Wildman–Crippen MR) is 78.9 cm³/mol. The van der Waals surface area contributed by atoms with Gasteiger partial charge < -0.3 is 11.1 Å². The average molecular weight is 269 g/mol. The average Bonchev–Trinajstić information content (AvgIpc) is 2.46. The second kappa shape index (κ2) is 6.82. The van der Waals surface area contributed by atoms with Crippen LogP contribution in [0.1, 0.15) is 30.5 Å². The van der Waals surface area contributed by atoms with Crippen molar-refractivity contribution in [2.45, 2.75) is 25.4 Å². The molecule has 20 heavy (non-hydrogen) atoms. The van der Waals surface area contributed by atoms with Crippen molar-refractivity contribution >= 4 is 5.91 Å². The number of hydrogen-bond acceptors (Lipinski definition) is 3. The smallest absolute Gasteiger partial charge is 0.222 e. The Hall–Kier alpha value is -2.20. The van der Waals surface area contributed by atoms with E-state index in [0.717, 1.165) is 11.1 Å². The quantitative estimate of drug-likeness (QED) is 0.872. The van der Waals surface area contributed by atoms with Crippen LogP contribution in [0.15, 0.2) is 54.9 Å². The molecule has 2 atom stereocenters. The molecule has 0 aliphatic rings. The van der Waals surface area contributed by atoms with Crippen LogP contribution in [-0.4, -0.2) is 16.9 Å². The molecule has 2 rings (SSSR count). The second-order valence-corrected chi connectivity index (χ2v) is 4.87. The summed E-state index contributed by atoms with van der Waals surface area (Å²) in [4.78, 5) is 16.0. The first-order valence-corrected chi connectivity index (χ1v) is 6.66. The number of nitrogens with zero attached hydrogens (tertiary/aromatic N) is 1. The van der Waals surface area contributed by atoms with Crippen molar-refractivity contribution in [3.05, 3.63) is 66.0 Å². The van der Waals surface area contributed by atoms with Gasteiger partial charge >= 0.3 is 0 Å². The van der Waals surface area contributed by atoms with Gasteiger partial charge in [-0.2, -0.15) is 0 Å². The van der Waals surface area contributed by atoms with Crippen LogP contribution in [0.25, 0.3) is 0 Å². The first kappa shape index (κ1) is 14.2. The number of nitrogens with one attached hydrogen (secondary N) is 1. The molecule has 1 aromatic heterocycles. The number of benzene rings is 1. The Morgan fingerprint density at radius 3 is 2.35 bits per heavy atom. The highest BCUT2D eigenvalue weighted by atomic mass is 16.1. The van der Waals surface area contributed by atoms with E-state index in [2.05, 4.69) is 10.3 Å². The lowest BCUT2D eigenvalue weighted by molar-refractivity contribution is -0.121. The summed E-state index contributed by atoms with van der Waals surface area (Å²) in [7, 11) is 0. The van der Waals surface area contributed by atoms with Crippen LogP contribution < -0.4 is 11.1 Å². The fourth-order valence-electron chi connectivity index (χ4n) is 2.07. The first-order valence-electron chi connectivity index (χ1n) is 6.66. The number of carbonyl (C=O) groups is 1. The van der Waals surface area contributed by atoms with Crippen molar-refractivity contribution < 1.29 is 4.79 Å². The largest absolute Gasteiger partial charge is 0.345 e. The topological polar surface area (TPSA) is 68.0 Å². The molecule has 1 aromatic carbocycles. The van der Waals surface area contributed by atoms with Crippen molar-refractivity contribution in [2.75, 3.05) is 0 Å². The highest BCUT2D eigenvalue weighted by molar-refractivity contribution is 5.77. The van der Waals surface area contributed by atoms with Gasteiger partial charge in [0.1, 0.15) is 0 Å². The molecule has 0 radical (unpaired) electrons. The number of hydrogen-bond donors (Lipinski definition) is 2. The summed E-state index contributed by atoms with van der Waals surface area (Å²) in [6, 6.07) is 13.4. The molecule has 0 spiro atoms. The van der Waals surface area contributed by atoms with Crippen LogP contribution in [0.3, 0.4) is 0 Å². The van der Waals surface area contributed by atoms with Gasteiger partial charge in [-0.1, -0.05) is 30.3 Å². The van der Waals surface area contributed by atoms with Gasteiger partial charge in [-0.05, 0) is 30.2 Å². The lowest BCUT2D eigenvalue weighted by Crippen LogP contribution is -2.33. The fraction of sp³-hybridized carbons (Fsp3) is 0.250. The minimum Gasteiger partial charge on any atom is -0.345 e. The number of rotatable bonds is 5. The Bertz CT molecular complexity index is 501. The van der Waals surface area contributed by atoms with Crippen LogP contribution >= 0.6 is 0 Å². The molecule has 3 N–H and O–H groups in total. The summed E-state index contributed by atoms with van der Waals surface area (Å²) in [5, 5.41) is 3.03. The summed E-state index contributed by atoms with van der Waals surface area (Å²) in [5.41, 5.74) is 7.72. The van der Waals surface area contributed by atoms with Crippen molar-refractivity contribution in [3.8, 4) is 0 Å². The SMILES string of the molecule is CC(N)CC(=O)NC(c1ccccc1)c1ccncc1. The third kappa shape index (κ3) is 3.90. The summed E-state index contributed by atoms with van der Waals surface area (Å²) in [6.45, 7) is 1.82. The van der Waals surface area contributed by atoms with Gasteiger partial charge in [0.15, 0.2) is 0 Å². The standard InChI is InChI=1S/C16H19N3O/c1-12(17)11-15(20)19-16(13-5-3-2-4-6-13)14-7-9-18-10-8-14/h2-10,12,16H,11,17H2,1H3,(H,19,20). The third-order valence-electron chi connectivity index (χ3n) is 2.99. The van der Waals surface area contributed by atoms with Crippen LogP contribution in [-0.2, 0) is 4.79 Å². The summed E-state index contributed by atoms with van der Waals surface area (Å²) >= 11 is 0. The Kier molecular flexibility index (Phi) is 4.85. The van der Waals surface area contributed by atoms with E-state index in [0.29, 0.717) is 6.42 Å². The van der Waals surface area contributed by atoms with Crippen LogP contribution in [0.4, 0.5) is 0 Å². The van der Waals surface area contributed by atoms with E-state index >= 15 is 0 Å². The Morgan fingerprint density at radius 1 is 1.15 bits per heavy atom. The van der Waals surface area contributed by atoms with E-state index in [1.807, 2.05) is 49.4 Å². The molecular weight excluding hydrogens is 250 g/mol. The van der Waals surface area contributed by atoms with Gasteiger partial charge in [-0.3, -0.25) is 9.78 Å². The molecule has 0 fully saturated rings. The molecular formula is C16H19N3O. The van der Waals surface area contributed by atoms with Crippen molar-refractivity contribution in [3.63, 3.8) is 0 Å². The fourth-order valence-corrected chi connectivity index (χ4v) is 2.07. The van der Waals surface area contributed by atoms with Crippen LogP contribution in [0.5, 0.6) is 0 Å². The monoisotopic (exact) mass is 269 g/mol. The maximum absolute atomic E-state index is 12.0. The number of pyridine rings is 1. The predicted octanol–water partition coefficient (Wildman–Crippen LogP) is 2.02. The maximum Gasteiger partial charge on any atom is 0.222 e. The molecule has 2 unspecified atom stereocenters. The molecule has 104 valence electrons. The molecule has 0 saturated carbocycles. The zero-order valence-electron chi connectivity index (χ0n) is 11.5. The Labute approximate surface area is 119 Å². The minimum absolute atomic E-state index is 0.0503. The molecule has 0 aliphatic carbocycles. The van der Waals surface area contributed by atoms with E-state index in [1.54, 1.807) is 12.4 Å². The van der Waals surface area contributed by atoms with Gasteiger partial charge in [0, 0.05) is 24.9 Å². The number of amides is 1. The maximum atomic E-state index is 12.0. The van der Waals surface area contributed by atoms with Crippen molar-refractivity contribution in [1.82, 2.24) is 10.3 Å². The Balaban J connectivity index is 2.24. The van der Waals surface area contributed by atoms with Gasteiger partial charge in [-0.15, -0.1) is 0 Å². The van der Waals surface area contributed by atoms with Crippen LogP contribution in [0.2, 0.25) is 0 Å². The molecule has 0 saturated heterocycles. The molecule has 2 aromatic rings. The zero-order chi connectivity index (χ0) is 14.4. The van der Waals surface area contributed by atoms with Gasteiger partial charge in [-0.25, -0.2) is 0 Å². The number of aromatic nitrogens is 1.